The fraction of sp³-hybridized carbons (Fsp3) is 0.538. The lowest BCUT2D eigenvalue weighted by Crippen LogP contribution is -2.31. The smallest absolute Gasteiger partial charge is 0.142 e. The zero-order valence-electron chi connectivity index (χ0n) is 9.96. The number of nitrogens with zero attached hydrogens (tertiary/aromatic N) is 1. The number of hydrogen-bond donors (Lipinski definition) is 0. The Bertz CT molecular complexity index is 374. The summed E-state index contributed by atoms with van der Waals surface area (Å²) in [6.07, 6.45) is 0.748. The highest BCUT2D eigenvalue weighted by molar-refractivity contribution is 5.58. The number of rotatable bonds is 6. The number of methoxy groups -OCH3 is 1. The molecule has 0 bridgehead atoms. The highest BCUT2D eigenvalue weighted by atomic mass is 16.6. The van der Waals surface area contributed by atoms with Crippen LogP contribution in [0.3, 0.4) is 0 Å². The highest BCUT2D eigenvalue weighted by Gasteiger charge is 2.31. The van der Waals surface area contributed by atoms with Crippen molar-refractivity contribution < 1.29 is 14.2 Å². The maximum Gasteiger partial charge on any atom is 0.142 e. The Balaban J connectivity index is 1.78. The van der Waals surface area contributed by atoms with E-state index in [1.807, 2.05) is 18.2 Å². The molecular weight excluding hydrogens is 218 g/mol. The van der Waals surface area contributed by atoms with E-state index in [2.05, 4.69) is 11.0 Å². The molecule has 4 nitrogen and oxygen atoms in total. The molecule has 0 saturated carbocycles. The predicted octanol–water partition coefficient (Wildman–Crippen LogP) is 1.30. The van der Waals surface area contributed by atoms with E-state index in [1.54, 1.807) is 7.11 Å². The fourth-order valence-electron chi connectivity index (χ4n) is 2.00. The van der Waals surface area contributed by atoms with Crippen molar-refractivity contribution in [1.29, 1.82) is 0 Å². The molecule has 2 atom stereocenters. The summed E-state index contributed by atoms with van der Waals surface area (Å²) in [5.41, 5.74) is 1.13. The third kappa shape index (κ3) is 2.70. The first-order chi connectivity index (χ1) is 8.36. The number of ether oxygens (including phenoxy) is 3. The minimum atomic E-state index is 0.374. The molecule has 1 aromatic carbocycles. The van der Waals surface area contributed by atoms with E-state index in [1.165, 1.54) is 0 Å². The van der Waals surface area contributed by atoms with Crippen LogP contribution in [0.1, 0.15) is 0 Å². The van der Waals surface area contributed by atoms with Crippen molar-refractivity contribution >= 4 is 5.69 Å². The molecule has 4 heteroatoms. The first-order valence-electron chi connectivity index (χ1n) is 5.98. The monoisotopic (exact) mass is 235 g/mol. The molecule has 0 N–H and O–H groups in total. The third-order valence-corrected chi connectivity index (χ3v) is 3.08. The van der Waals surface area contributed by atoms with Crippen LogP contribution >= 0.6 is 0 Å². The summed E-state index contributed by atoms with van der Waals surface area (Å²) in [4.78, 5) is 2.30. The van der Waals surface area contributed by atoms with Crippen molar-refractivity contribution in [2.24, 2.45) is 0 Å². The Kier molecular flexibility index (Phi) is 2.91. The summed E-state index contributed by atoms with van der Waals surface area (Å²) < 4.78 is 16.0. The zero-order valence-corrected chi connectivity index (χ0v) is 9.96. The minimum absolute atomic E-state index is 0.374. The number of anilines is 1. The molecule has 2 heterocycles. The van der Waals surface area contributed by atoms with Gasteiger partial charge < -0.3 is 19.1 Å². The Morgan fingerprint density at radius 1 is 1.18 bits per heavy atom. The molecule has 2 aliphatic rings. The zero-order chi connectivity index (χ0) is 11.7. The van der Waals surface area contributed by atoms with Crippen molar-refractivity contribution in [3.63, 3.8) is 0 Å². The van der Waals surface area contributed by atoms with E-state index in [4.69, 9.17) is 14.2 Å². The Morgan fingerprint density at radius 3 is 2.29 bits per heavy atom. The maximum atomic E-state index is 5.41. The van der Waals surface area contributed by atoms with Crippen molar-refractivity contribution in [2.45, 2.75) is 12.2 Å². The van der Waals surface area contributed by atoms with Gasteiger partial charge >= 0.3 is 0 Å². The van der Waals surface area contributed by atoms with E-state index in [9.17, 15) is 0 Å². The minimum Gasteiger partial charge on any atom is -0.495 e. The first kappa shape index (κ1) is 10.9. The van der Waals surface area contributed by atoms with Gasteiger partial charge in [0.2, 0.25) is 0 Å². The lowest BCUT2D eigenvalue weighted by Gasteiger charge is -2.25. The Labute approximate surface area is 101 Å². The Hall–Kier alpha value is -1.26. The summed E-state index contributed by atoms with van der Waals surface area (Å²) in [5, 5.41) is 0. The van der Waals surface area contributed by atoms with Crippen LogP contribution in [0.4, 0.5) is 5.69 Å². The van der Waals surface area contributed by atoms with Gasteiger partial charge in [-0.25, -0.2) is 0 Å². The quantitative estimate of drug-likeness (QED) is 0.696. The van der Waals surface area contributed by atoms with Crippen LogP contribution in [-0.4, -0.2) is 45.6 Å². The Morgan fingerprint density at radius 2 is 1.76 bits per heavy atom. The lowest BCUT2D eigenvalue weighted by atomic mass is 10.2. The van der Waals surface area contributed by atoms with Crippen LogP contribution in [0.5, 0.6) is 5.75 Å². The molecule has 2 saturated heterocycles. The first-order valence-corrected chi connectivity index (χ1v) is 5.98. The second kappa shape index (κ2) is 4.55. The number of para-hydroxylation sites is 2. The van der Waals surface area contributed by atoms with E-state index >= 15 is 0 Å². The van der Waals surface area contributed by atoms with Gasteiger partial charge in [0.1, 0.15) is 5.75 Å². The molecular formula is C13H17NO3. The molecule has 17 heavy (non-hydrogen) atoms. The van der Waals surface area contributed by atoms with E-state index in [0.717, 1.165) is 37.7 Å². The van der Waals surface area contributed by atoms with E-state index in [0.29, 0.717) is 12.2 Å². The second-order valence-electron chi connectivity index (χ2n) is 4.49. The summed E-state index contributed by atoms with van der Waals surface area (Å²) in [6, 6.07) is 8.10. The topological polar surface area (TPSA) is 37.5 Å². The molecule has 0 amide bonds. The standard InChI is InChI=1S/C13H17NO3/c1-15-13-5-3-2-4-12(13)14(6-10-8-16-10)7-11-9-17-11/h2-5,10-11H,6-9H2,1H3. The number of epoxide rings is 2. The van der Waals surface area contributed by atoms with Crippen LogP contribution in [0.2, 0.25) is 0 Å². The van der Waals surface area contributed by atoms with Crippen molar-refractivity contribution in [3.05, 3.63) is 24.3 Å². The van der Waals surface area contributed by atoms with Gasteiger partial charge in [0, 0.05) is 13.1 Å². The summed E-state index contributed by atoms with van der Waals surface area (Å²) in [7, 11) is 1.71. The molecule has 2 fully saturated rings. The van der Waals surface area contributed by atoms with Crippen LogP contribution in [0.15, 0.2) is 24.3 Å². The van der Waals surface area contributed by atoms with Crippen LogP contribution in [0, 0.1) is 0 Å². The number of benzene rings is 1. The van der Waals surface area contributed by atoms with Crippen LogP contribution in [-0.2, 0) is 9.47 Å². The van der Waals surface area contributed by atoms with Crippen molar-refractivity contribution in [3.8, 4) is 5.75 Å². The average Bonchev–Trinajstić information content (AvgIpc) is 3.23. The molecule has 1 aromatic rings. The van der Waals surface area contributed by atoms with Crippen molar-refractivity contribution in [1.82, 2.24) is 0 Å². The van der Waals surface area contributed by atoms with Gasteiger partial charge in [-0.15, -0.1) is 0 Å². The lowest BCUT2D eigenvalue weighted by molar-refractivity contribution is 0.384. The SMILES string of the molecule is COc1ccccc1N(CC1CO1)CC1CO1. The van der Waals surface area contributed by atoms with Crippen molar-refractivity contribution in [2.75, 3.05) is 38.3 Å². The highest BCUT2D eigenvalue weighted by Crippen LogP contribution is 2.30. The van der Waals surface area contributed by atoms with Gasteiger partial charge in [0.05, 0.1) is 38.2 Å². The predicted molar refractivity (Wildman–Crippen MR) is 64.7 cm³/mol. The van der Waals surface area contributed by atoms with E-state index < -0.39 is 0 Å². The molecule has 0 spiro atoms. The normalized spacial score (nSPS) is 25.5. The summed E-state index contributed by atoms with van der Waals surface area (Å²) in [6.45, 7) is 3.58. The molecule has 0 radical (unpaired) electrons. The molecule has 2 unspecified atom stereocenters. The number of hydrogen-bond acceptors (Lipinski definition) is 4. The van der Waals surface area contributed by atoms with Gasteiger partial charge in [-0.2, -0.15) is 0 Å². The van der Waals surface area contributed by atoms with Crippen LogP contribution in [0.25, 0.3) is 0 Å². The van der Waals surface area contributed by atoms with Gasteiger partial charge in [0.15, 0.2) is 0 Å². The fourth-order valence-corrected chi connectivity index (χ4v) is 2.00. The van der Waals surface area contributed by atoms with Gasteiger partial charge in [0.25, 0.3) is 0 Å². The molecule has 0 aromatic heterocycles. The second-order valence-corrected chi connectivity index (χ2v) is 4.49. The van der Waals surface area contributed by atoms with E-state index in [-0.39, 0.29) is 0 Å². The molecule has 3 rings (SSSR count). The maximum absolute atomic E-state index is 5.41. The van der Waals surface area contributed by atoms with Gasteiger partial charge in [-0.1, -0.05) is 12.1 Å². The van der Waals surface area contributed by atoms with Gasteiger partial charge in [-0.05, 0) is 12.1 Å². The third-order valence-electron chi connectivity index (χ3n) is 3.08. The summed E-state index contributed by atoms with van der Waals surface area (Å²) in [5.74, 6) is 0.911. The molecule has 92 valence electrons. The molecule has 2 aliphatic heterocycles. The summed E-state index contributed by atoms with van der Waals surface area (Å²) >= 11 is 0. The largest absolute Gasteiger partial charge is 0.495 e. The van der Waals surface area contributed by atoms with Crippen LogP contribution < -0.4 is 9.64 Å². The average molecular weight is 235 g/mol. The molecule has 0 aliphatic carbocycles. The van der Waals surface area contributed by atoms with Gasteiger partial charge in [-0.3, -0.25) is 0 Å².